The highest BCUT2D eigenvalue weighted by atomic mass is 32.2. The number of esters is 1. The zero-order valence-corrected chi connectivity index (χ0v) is 18.5. The van der Waals surface area contributed by atoms with Gasteiger partial charge in [0.05, 0.1) is 29.0 Å². The third kappa shape index (κ3) is 4.73. The lowest BCUT2D eigenvalue weighted by Crippen LogP contribution is -2.14. The Bertz CT molecular complexity index is 1060. The molecule has 0 spiro atoms. The lowest BCUT2D eigenvalue weighted by atomic mass is 10.0. The van der Waals surface area contributed by atoms with Crippen molar-refractivity contribution in [3.8, 4) is 0 Å². The molecule has 1 N–H and O–H groups in total. The molecular weight excluding hydrogens is 412 g/mol. The average Bonchev–Trinajstić information content (AvgIpc) is 3.23. The highest BCUT2D eigenvalue weighted by molar-refractivity contribution is 8.01. The summed E-state index contributed by atoms with van der Waals surface area (Å²) in [7, 11) is 1.81. The summed E-state index contributed by atoms with van der Waals surface area (Å²) < 4.78 is 7.15. The van der Waals surface area contributed by atoms with Gasteiger partial charge in [-0.1, -0.05) is 36.9 Å². The summed E-state index contributed by atoms with van der Waals surface area (Å²) in [6.45, 7) is 7.99. The van der Waals surface area contributed by atoms with E-state index in [0.717, 1.165) is 16.8 Å². The Kier molecular flexibility index (Phi) is 6.48. The van der Waals surface area contributed by atoms with Gasteiger partial charge in [0.1, 0.15) is 0 Å². The van der Waals surface area contributed by atoms with Crippen LogP contribution >= 0.6 is 23.1 Å². The Balaban J connectivity index is 1.82. The Hall–Kier alpha value is -2.53. The largest absolute Gasteiger partial charge is 0.465 e. The first-order chi connectivity index (χ1) is 13.8. The molecule has 0 radical (unpaired) electrons. The SMILES string of the molecule is CCOC(=O)CSc1nnc(NC(=O)c2cc(C(C)C)nc3c2c(C)nn3C)s1. The topological polar surface area (TPSA) is 112 Å². The number of carbonyl (C=O) groups excluding carboxylic acids is 2. The fourth-order valence-corrected chi connectivity index (χ4v) is 4.29. The normalized spacial score (nSPS) is 11.2. The molecule has 0 aromatic carbocycles. The maximum absolute atomic E-state index is 13.0. The monoisotopic (exact) mass is 434 g/mol. The zero-order chi connectivity index (χ0) is 21.1. The second-order valence-electron chi connectivity index (χ2n) is 6.58. The minimum absolute atomic E-state index is 0.147. The van der Waals surface area contributed by atoms with Gasteiger partial charge in [-0.25, -0.2) is 4.98 Å². The van der Waals surface area contributed by atoms with E-state index >= 15 is 0 Å². The Labute approximate surface area is 176 Å². The summed E-state index contributed by atoms with van der Waals surface area (Å²) in [6, 6.07) is 1.80. The molecule has 3 aromatic heterocycles. The molecule has 154 valence electrons. The van der Waals surface area contributed by atoms with E-state index in [2.05, 4.69) is 25.6 Å². The zero-order valence-electron chi connectivity index (χ0n) is 16.8. The van der Waals surface area contributed by atoms with Crippen LogP contribution in [0.25, 0.3) is 11.0 Å². The number of thioether (sulfide) groups is 1. The van der Waals surface area contributed by atoms with Gasteiger partial charge in [-0.05, 0) is 25.8 Å². The van der Waals surface area contributed by atoms with Crippen LogP contribution in [0.2, 0.25) is 0 Å². The number of anilines is 1. The van der Waals surface area contributed by atoms with Crippen molar-refractivity contribution < 1.29 is 14.3 Å². The average molecular weight is 435 g/mol. The van der Waals surface area contributed by atoms with E-state index in [1.807, 2.05) is 27.8 Å². The molecule has 0 aliphatic heterocycles. The van der Waals surface area contributed by atoms with E-state index in [-0.39, 0.29) is 23.5 Å². The fourth-order valence-electron chi connectivity index (χ4n) is 2.75. The number of hydrogen-bond donors (Lipinski definition) is 1. The summed E-state index contributed by atoms with van der Waals surface area (Å²) in [5.41, 5.74) is 2.72. The predicted octanol–water partition coefficient (Wildman–Crippen LogP) is 3.16. The Morgan fingerprint density at radius 2 is 2.10 bits per heavy atom. The molecular formula is C18H22N6O3S2. The summed E-state index contributed by atoms with van der Waals surface area (Å²) in [5.74, 6) is -0.304. The Morgan fingerprint density at radius 3 is 2.79 bits per heavy atom. The second kappa shape index (κ2) is 8.87. The van der Waals surface area contributed by atoms with Gasteiger partial charge in [0.2, 0.25) is 5.13 Å². The minimum atomic E-state index is -0.314. The van der Waals surface area contributed by atoms with Gasteiger partial charge in [-0.2, -0.15) is 5.10 Å². The van der Waals surface area contributed by atoms with Crippen LogP contribution in [-0.2, 0) is 16.6 Å². The number of aromatic nitrogens is 5. The van der Waals surface area contributed by atoms with E-state index in [1.165, 1.54) is 23.1 Å². The number of ether oxygens (including phenoxy) is 1. The molecule has 0 aliphatic rings. The van der Waals surface area contributed by atoms with Gasteiger partial charge in [0, 0.05) is 12.7 Å². The number of rotatable bonds is 7. The van der Waals surface area contributed by atoms with Crippen molar-refractivity contribution in [2.75, 3.05) is 17.7 Å². The standard InChI is InChI=1S/C18H22N6O3S2/c1-6-27-13(25)8-28-18-22-21-17(29-18)20-16(26)11-7-12(9(2)3)19-15-14(11)10(4)23-24(15)5/h7,9H,6,8H2,1-5H3,(H,20,21,26). The van der Waals surface area contributed by atoms with Crippen molar-refractivity contribution in [1.82, 2.24) is 25.0 Å². The number of hydrogen-bond acceptors (Lipinski definition) is 9. The molecule has 9 nitrogen and oxygen atoms in total. The van der Waals surface area contributed by atoms with Crippen LogP contribution in [0.3, 0.4) is 0 Å². The minimum Gasteiger partial charge on any atom is -0.465 e. The third-order valence-electron chi connectivity index (χ3n) is 4.07. The molecule has 3 aromatic rings. The first-order valence-corrected chi connectivity index (χ1v) is 10.9. The molecule has 1 amide bonds. The molecule has 29 heavy (non-hydrogen) atoms. The number of pyridine rings is 1. The summed E-state index contributed by atoms with van der Waals surface area (Å²) in [6.07, 6.45) is 0. The smallest absolute Gasteiger partial charge is 0.316 e. The third-order valence-corrected chi connectivity index (χ3v) is 6.02. The number of fused-ring (bicyclic) bond motifs is 1. The van der Waals surface area contributed by atoms with E-state index in [9.17, 15) is 9.59 Å². The molecule has 0 bridgehead atoms. The van der Waals surface area contributed by atoms with Gasteiger partial charge in [-0.15, -0.1) is 10.2 Å². The quantitative estimate of drug-likeness (QED) is 0.343. The van der Waals surface area contributed by atoms with Gasteiger partial charge in [0.15, 0.2) is 9.99 Å². The van der Waals surface area contributed by atoms with E-state index in [4.69, 9.17) is 4.74 Å². The second-order valence-corrected chi connectivity index (χ2v) is 8.78. The highest BCUT2D eigenvalue weighted by Gasteiger charge is 2.21. The van der Waals surface area contributed by atoms with E-state index in [0.29, 0.717) is 27.3 Å². The Morgan fingerprint density at radius 1 is 1.34 bits per heavy atom. The number of carbonyl (C=O) groups is 2. The lowest BCUT2D eigenvalue weighted by Gasteiger charge is -2.09. The van der Waals surface area contributed by atoms with Crippen molar-refractivity contribution >= 4 is 51.1 Å². The van der Waals surface area contributed by atoms with Crippen LogP contribution in [0.1, 0.15) is 48.4 Å². The van der Waals surface area contributed by atoms with Crippen molar-refractivity contribution in [2.45, 2.75) is 38.0 Å². The van der Waals surface area contributed by atoms with Crippen LogP contribution in [0.15, 0.2) is 10.4 Å². The van der Waals surface area contributed by atoms with Crippen molar-refractivity contribution in [1.29, 1.82) is 0 Å². The van der Waals surface area contributed by atoms with Gasteiger partial charge >= 0.3 is 5.97 Å². The molecule has 3 rings (SSSR count). The van der Waals surface area contributed by atoms with Crippen molar-refractivity contribution in [3.63, 3.8) is 0 Å². The van der Waals surface area contributed by atoms with Gasteiger partial charge in [0.25, 0.3) is 5.91 Å². The number of nitrogens with zero attached hydrogens (tertiary/aromatic N) is 5. The molecule has 3 heterocycles. The van der Waals surface area contributed by atoms with Crippen LogP contribution in [0.5, 0.6) is 0 Å². The molecule has 0 saturated carbocycles. The lowest BCUT2D eigenvalue weighted by molar-refractivity contribution is -0.139. The number of nitrogens with one attached hydrogen (secondary N) is 1. The maximum Gasteiger partial charge on any atom is 0.316 e. The van der Waals surface area contributed by atoms with Gasteiger partial charge < -0.3 is 4.74 Å². The number of aryl methyl sites for hydroxylation is 2. The highest BCUT2D eigenvalue weighted by Crippen LogP contribution is 2.28. The number of amides is 1. The molecule has 0 fully saturated rings. The summed E-state index contributed by atoms with van der Waals surface area (Å²) in [4.78, 5) is 29.1. The fraction of sp³-hybridized carbons (Fsp3) is 0.444. The first kappa shape index (κ1) is 21.2. The molecule has 0 saturated heterocycles. The van der Waals surface area contributed by atoms with Crippen molar-refractivity contribution in [3.05, 3.63) is 23.0 Å². The van der Waals surface area contributed by atoms with Crippen LogP contribution in [0, 0.1) is 6.92 Å². The van der Waals surface area contributed by atoms with Crippen molar-refractivity contribution in [2.24, 2.45) is 7.05 Å². The summed E-state index contributed by atoms with van der Waals surface area (Å²) >= 11 is 2.43. The van der Waals surface area contributed by atoms with Crippen LogP contribution < -0.4 is 5.32 Å². The summed E-state index contributed by atoms with van der Waals surface area (Å²) in [5, 5.41) is 16.3. The van der Waals surface area contributed by atoms with Gasteiger partial charge in [-0.3, -0.25) is 19.6 Å². The predicted molar refractivity (Wildman–Crippen MR) is 113 cm³/mol. The molecule has 11 heteroatoms. The van der Waals surface area contributed by atoms with E-state index < -0.39 is 0 Å². The van der Waals surface area contributed by atoms with Crippen LogP contribution in [-0.4, -0.2) is 49.2 Å². The molecule has 0 aliphatic carbocycles. The van der Waals surface area contributed by atoms with Crippen LogP contribution in [0.4, 0.5) is 5.13 Å². The molecule has 0 unspecified atom stereocenters. The van der Waals surface area contributed by atoms with E-state index in [1.54, 1.807) is 17.7 Å². The first-order valence-electron chi connectivity index (χ1n) is 9.07. The maximum atomic E-state index is 13.0. The molecule has 0 atom stereocenters.